The van der Waals surface area contributed by atoms with Gasteiger partial charge < -0.3 is 18.9 Å². The first kappa shape index (κ1) is 36.2. The smallest absolute Gasteiger partial charge is 0.0953 e. The summed E-state index contributed by atoms with van der Waals surface area (Å²) in [5, 5.41) is 10.0. The highest BCUT2D eigenvalue weighted by Crippen LogP contribution is 2.60. The fourth-order valence-electron chi connectivity index (χ4n) is 11.1. The molecule has 4 nitrogen and oxygen atoms in total. The van der Waals surface area contributed by atoms with Crippen LogP contribution in [0.25, 0.3) is 95.3 Å². The lowest BCUT2D eigenvalue weighted by Crippen LogP contribution is -2.25. The summed E-state index contributed by atoms with van der Waals surface area (Å²) >= 11 is 3.76. The van der Waals surface area contributed by atoms with Crippen LogP contribution in [0.4, 0.5) is 34.1 Å². The summed E-state index contributed by atoms with van der Waals surface area (Å²) in [6.45, 7) is 0. The van der Waals surface area contributed by atoms with E-state index < -0.39 is 0 Å². The van der Waals surface area contributed by atoms with E-state index in [4.69, 9.17) is 0 Å². The number of fused-ring (bicyclic) bond motifs is 16. The van der Waals surface area contributed by atoms with Crippen LogP contribution in [-0.2, 0) is 0 Å². The van der Waals surface area contributed by atoms with Gasteiger partial charge in [-0.25, -0.2) is 0 Å². The van der Waals surface area contributed by atoms with Gasteiger partial charge in [0.1, 0.15) is 0 Å². The molecule has 0 bridgehead atoms. The van der Waals surface area contributed by atoms with Crippen molar-refractivity contribution < 1.29 is 0 Å². The molecule has 0 saturated heterocycles. The Balaban J connectivity index is 1.13. The highest BCUT2D eigenvalue weighted by Gasteiger charge is 2.37. The second kappa shape index (κ2) is 13.7. The Morgan fingerprint density at radius 1 is 0.258 bits per heavy atom. The molecule has 0 spiro atoms. The van der Waals surface area contributed by atoms with Gasteiger partial charge in [0.15, 0.2) is 0 Å². The van der Waals surface area contributed by atoms with E-state index in [0.29, 0.717) is 0 Å². The predicted octanol–water partition coefficient (Wildman–Crippen LogP) is 17.9. The maximum atomic E-state index is 2.56. The minimum atomic E-state index is 1.10. The van der Waals surface area contributed by atoms with E-state index in [1.54, 1.807) is 0 Å². The van der Waals surface area contributed by atoms with E-state index in [9.17, 15) is 0 Å². The molecule has 66 heavy (non-hydrogen) atoms. The molecule has 0 unspecified atom stereocenters. The van der Waals surface area contributed by atoms with Crippen LogP contribution < -0.4 is 9.80 Å². The van der Waals surface area contributed by atoms with Crippen molar-refractivity contribution in [3.8, 4) is 11.4 Å². The van der Waals surface area contributed by atoms with E-state index in [0.717, 1.165) is 34.1 Å². The number of aromatic nitrogens is 2. The zero-order valence-corrected chi connectivity index (χ0v) is 37.0. The molecule has 0 aliphatic carbocycles. The largest absolute Gasteiger partial charge is 0.306 e. The second-order valence-electron chi connectivity index (χ2n) is 17.2. The number of para-hydroxylation sites is 4. The van der Waals surface area contributed by atoms with Gasteiger partial charge in [0.2, 0.25) is 0 Å². The van der Waals surface area contributed by atoms with Crippen LogP contribution in [0.1, 0.15) is 0 Å². The van der Waals surface area contributed by atoms with Crippen LogP contribution in [0.2, 0.25) is 0 Å². The molecule has 5 heterocycles. The molecule has 0 amide bonds. The highest BCUT2D eigenvalue weighted by molar-refractivity contribution is 7.26. The lowest BCUT2D eigenvalue weighted by atomic mass is 10.00. The van der Waals surface area contributed by atoms with Crippen molar-refractivity contribution in [2.75, 3.05) is 9.80 Å². The van der Waals surface area contributed by atoms with Gasteiger partial charge >= 0.3 is 0 Å². The minimum Gasteiger partial charge on any atom is -0.306 e. The summed E-state index contributed by atoms with van der Waals surface area (Å²) < 4.78 is 10.3. The lowest BCUT2D eigenvalue weighted by Gasteiger charge is -2.41. The molecule has 0 N–H and O–H groups in total. The first-order valence-corrected chi connectivity index (χ1v) is 24.1. The minimum absolute atomic E-state index is 1.10. The van der Waals surface area contributed by atoms with Gasteiger partial charge in [0.25, 0.3) is 0 Å². The molecule has 10 aromatic carbocycles. The molecule has 4 aromatic heterocycles. The molecule has 15 rings (SSSR count). The first-order valence-electron chi connectivity index (χ1n) is 22.4. The zero-order valence-electron chi connectivity index (χ0n) is 35.4. The molecule has 308 valence electrons. The molecule has 1 aliphatic rings. The topological polar surface area (TPSA) is 16.3 Å². The average Bonchev–Trinajstić information content (AvgIpc) is 4.14. The van der Waals surface area contributed by atoms with Crippen LogP contribution in [0.5, 0.6) is 0 Å². The first-order chi connectivity index (χ1) is 32.8. The molecular weight excluding hydrogens is 841 g/mol. The number of anilines is 6. The van der Waals surface area contributed by atoms with Crippen LogP contribution >= 0.6 is 22.7 Å². The van der Waals surface area contributed by atoms with Gasteiger partial charge in [-0.1, -0.05) is 133 Å². The van der Waals surface area contributed by atoms with Gasteiger partial charge in [-0.05, 0) is 84.9 Å². The Hall–Kier alpha value is -8.16. The Labute approximate surface area is 387 Å². The maximum absolute atomic E-state index is 2.56. The van der Waals surface area contributed by atoms with Crippen LogP contribution in [0, 0.1) is 0 Å². The SMILES string of the molecule is c1ccc(N2c3ccc4c5ccccc5n(-c5cccc6c5sc5ccccc56)c4c3N(c3ccccc3)c3ccc4c5ccccc5n(-c5cccc6c5sc5ccccc56)c4c32)cc1. The highest BCUT2D eigenvalue weighted by atomic mass is 32.1. The van der Waals surface area contributed by atoms with Gasteiger partial charge in [-0.2, -0.15) is 0 Å². The quantitative estimate of drug-likeness (QED) is 0.175. The van der Waals surface area contributed by atoms with Gasteiger partial charge in [-0.3, -0.25) is 0 Å². The van der Waals surface area contributed by atoms with Crippen molar-refractivity contribution in [3.05, 3.63) is 218 Å². The molecule has 0 fully saturated rings. The molecule has 6 heteroatoms. The number of hydrogen-bond acceptors (Lipinski definition) is 4. The average molecular weight is 877 g/mol. The molecule has 1 aliphatic heterocycles. The summed E-state index contributed by atoms with van der Waals surface area (Å²) in [5.74, 6) is 0. The Morgan fingerprint density at radius 3 is 1.09 bits per heavy atom. The number of thiophene rings is 2. The van der Waals surface area contributed by atoms with Crippen LogP contribution in [0.3, 0.4) is 0 Å². The van der Waals surface area contributed by atoms with Gasteiger partial charge in [-0.15, -0.1) is 22.7 Å². The number of rotatable bonds is 4. The molecule has 0 saturated carbocycles. The summed E-state index contributed by atoms with van der Waals surface area (Å²) in [6.07, 6.45) is 0. The third-order valence-corrected chi connectivity index (χ3v) is 16.2. The molecule has 0 radical (unpaired) electrons. The monoisotopic (exact) mass is 876 g/mol. The second-order valence-corrected chi connectivity index (χ2v) is 19.3. The van der Waals surface area contributed by atoms with Crippen LogP contribution in [-0.4, -0.2) is 9.13 Å². The summed E-state index contributed by atoms with van der Waals surface area (Å²) in [4.78, 5) is 5.10. The number of benzene rings is 10. The number of nitrogens with zero attached hydrogens (tertiary/aromatic N) is 4. The van der Waals surface area contributed by atoms with Crippen molar-refractivity contribution in [2.24, 2.45) is 0 Å². The third-order valence-electron chi connectivity index (χ3n) is 13.8. The van der Waals surface area contributed by atoms with Crippen molar-refractivity contribution >= 4 is 141 Å². The molecule has 0 atom stereocenters. The van der Waals surface area contributed by atoms with Crippen molar-refractivity contribution in [2.45, 2.75) is 0 Å². The van der Waals surface area contributed by atoms with E-state index in [-0.39, 0.29) is 0 Å². The van der Waals surface area contributed by atoms with E-state index in [1.807, 2.05) is 22.7 Å². The standard InChI is InChI=1S/C60H36N4S2/c1-3-17-37(18-4-1)61-49-35-33-44-40-22-8-12-28-48(40)64(52-30-16-26-46-42-24-10-14-32-54(42)66-60(46)52)56(44)58(49)62(38-19-5-2-6-20-38)50-36-34-43-39-21-7-11-27-47(39)63(55(43)57(50)61)51-29-15-25-45-41-23-9-13-31-53(41)65-59(45)51/h1-36H. The normalized spacial score (nSPS) is 12.8. The third kappa shape index (κ3) is 4.86. The zero-order chi connectivity index (χ0) is 43.0. The Kier molecular flexibility index (Phi) is 7.50. The maximum Gasteiger partial charge on any atom is 0.0953 e. The van der Waals surface area contributed by atoms with Crippen molar-refractivity contribution in [3.63, 3.8) is 0 Å². The lowest BCUT2D eigenvalue weighted by molar-refractivity contribution is 1.13. The summed E-state index contributed by atoms with van der Waals surface area (Å²) in [6, 6.07) is 80.7. The predicted molar refractivity (Wildman–Crippen MR) is 284 cm³/mol. The summed E-state index contributed by atoms with van der Waals surface area (Å²) in [5.41, 5.74) is 13.8. The Morgan fingerprint density at radius 2 is 0.636 bits per heavy atom. The summed E-state index contributed by atoms with van der Waals surface area (Å²) in [7, 11) is 0. The molecular formula is C60H36N4S2. The van der Waals surface area contributed by atoms with Gasteiger partial charge in [0.05, 0.1) is 65.6 Å². The van der Waals surface area contributed by atoms with Gasteiger partial charge in [0, 0.05) is 63.9 Å². The van der Waals surface area contributed by atoms with Crippen molar-refractivity contribution in [1.82, 2.24) is 9.13 Å². The van der Waals surface area contributed by atoms with E-state index >= 15 is 0 Å². The van der Waals surface area contributed by atoms with E-state index in [2.05, 4.69) is 237 Å². The van der Waals surface area contributed by atoms with Crippen molar-refractivity contribution in [1.29, 1.82) is 0 Å². The fourth-order valence-corrected chi connectivity index (χ4v) is 13.5. The number of hydrogen-bond donors (Lipinski definition) is 0. The Bertz CT molecular complexity index is 4030. The van der Waals surface area contributed by atoms with Crippen LogP contribution in [0.15, 0.2) is 218 Å². The fraction of sp³-hybridized carbons (Fsp3) is 0. The molecule has 14 aromatic rings. The van der Waals surface area contributed by atoms with E-state index in [1.165, 1.54) is 95.3 Å².